The Bertz CT molecular complexity index is 319. The molecule has 21 heavy (non-hydrogen) atoms. The average molecular weight is 308 g/mol. The van der Waals surface area contributed by atoms with Crippen LogP contribution in [-0.2, 0) is 0 Å². The van der Waals surface area contributed by atoms with Crippen molar-refractivity contribution < 1.29 is 18.3 Å². The lowest BCUT2D eigenvalue weighted by atomic mass is 9.71. The second-order valence-electron chi connectivity index (χ2n) is 7.01. The third kappa shape index (κ3) is 5.11. The Morgan fingerprint density at radius 3 is 2.05 bits per heavy atom. The average Bonchev–Trinajstić information content (AvgIpc) is 2.42. The lowest BCUT2D eigenvalue weighted by Crippen LogP contribution is -2.52. The smallest absolute Gasteiger partial charge is 0.396 e. The maximum Gasteiger partial charge on any atom is 0.401 e. The molecule has 2 fully saturated rings. The summed E-state index contributed by atoms with van der Waals surface area (Å²) in [5.41, 5.74) is -0.0291. The number of nitrogens with zero attached hydrogens (tertiary/aromatic N) is 2. The Morgan fingerprint density at radius 1 is 1.05 bits per heavy atom. The van der Waals surface area contributed by atoms with E-state index in [1.54, 1.807) is 0 Å². The van der Waals surface area contributed by atoms with Gasteiger partial charge in [0.25, 0.3) is 0 Å². The number of aliphatic hydroxyl groups excluding tert-OH is 1. The molecule has 1 saturated carbocycles. The van der Waals surface area contributed by atoms with Crippen LogP contribution in [0.25, 0.3) is 0 Å². The highest BCUT2D eigenvalue weighted by Crippen LogP contribution is 2.39. The fourth-order valence-corrected chi connectivity index (χ4v) is 3.57. The molecule has 2 aliphatic rings. The van der Waals surface area contributed by atoms with E-state index >= 15 is 0 Å². The molecule has 3 nitrogen and oxygen atoms in total. The Morgan fingerprint density at radius 2 is 1.57 bits per heavy atom. The van der Waals surface area contributed by atoms with E-state index in [2.05, 4.69) is 11.8 Å². The molecule has 1 aliphatic carbocycles. The highest BCUT2D eigenvalue weighted by atomic mass is 19.4. The van der Waals surface area contributed by atoms with Crippen LogP contribution in [0.5, 0.6) is 0 Å². The molecule has 1 N–H and O–H groups in total. The van der Waals surface area contributed by atoms with Gasteiger partial charge in [-0.1, -0.05) is 19.8 Å². The van der Waals surface area contributed by atoms with Crippen molar-refractivity contribution in [1.82, 2.24) is 9.80 Å². The van der Waals surface area contributed by atoms with Crippen LogP contribution in [0.4, 0.5) is 13.2 Å². The molecule has 0 unspecified atom stereocenters. The highest BCUT2D eigenvalue weighted by Gasteiger charge is 2.37. The topological polar surface area (TPSA) is 26.7 Å². The third-order valence-corrected chi connectivity index (χ3v) is 5.10. The third-order valence-electron chi connectivity index (χ3n) is 5.10. The van der Waals surface area contributed by atoms with E-state index in [4.69, 9.17) is 0 Å². The summed E-state index contributed by atoms with van der Waals surface area (Å²) in [6.07, 6.45) is 0.262. The predicted molar refractivity (Wildman–Crippen MR) is 76.1 cm³/mol. The second kappa shape index (κ2) is 6.84. The molecule has 0 bridgehead atoms. The first kappa shape index (κ1) is 17.0. The van der Waals surface area contributed by atoms with E-state index in [-0.39, 0.29) is 12.0 Å². The van der Waals surface area contributed by atoms with Gasteiger partial charge < -0.3 is 10.0 Å². The molecule has 1 heterocycles. The van der Waals surface area contributed by atoms with Crippen molar-refractivity contribution in [1.29, 1.82) is 0 Å². The fourth-order valence-electron chi connectivity index (χ4n) is 3.57. The van der Waals surface area contributed by atoms with E-state index in [0.29, 0.717) is 26.2 Å². The van der Waals surface area contributed by atoms with Gasteiger partial charge in [-0.2, -0.15) is 13.2 Å². The zero-order valence-electron chi connectivity index (χ0n) is 12.8. The SMILES string of the molecule is CC1CCC(CO)(CN2CCN(CC(F)(F)F)CC2)CC1. The first-order valence-electron chi connectivity index (χ1n) is 7.94. The van der Waals surface area contributed by atoms with Crippen molar-refractivity contribution in [2.45, 2.75) is 38.8 Å². The zero-order valence-corrected chi connectivity index (χ0v) is 12.8. The van der Waals surface area contributed by atoms with Gasteiger partial charge in [-0.05, 0) is 18.8 Å². The number of aliphatic hydroxyl groups is 1. The second-order valence-corrected chi connectivity index (χ2v) is 7.01. The van der Waals surface area contributed by atoms with Gasteiger partial charge in [0.2, 0.25) is 0 Å². The number of hydrogen-bond acceptors (Lipinski definition) is 3. The van der Waals surface area contributed by atoms with Crippen LogP contribution in [0.2, 0.25) is 0 Å². The Labute approximate surface area is 125 Å². The van der Waals surface area contributed by atoms with Gasteiger partial charge in [0.1, 0.15) is 0 Å². The van der Waals surface area contributed by atoms with Gasteiger partial charge in [0.15, 0.2) is 0 Å². The van der Waals surface area contributed by atoms with Gasteiger partial charge in [0, 0.05) is 44.7 Å². The molecule has 0 aromatic heterocycles. The molecule has 0 spiro atoms. The van der Waals surface area contributed by atoms with Gasteiger partial charge in [-0.25, -0.2) is 0 Å². The monoisotopic (exact) mass is 308 g/mol. The lowest BCUT2D eigenvalue weighted by molar-refractivity contribution is -0.149. The quantitative estimate of drug-likeness (QED) is 0.864. The maximum absolute atomic E-state index is 12.4. The summed E-state index contributed by atoms with van der Waals surface area (Å²) in [5.74, 6) is 0.730. The number of halogens is 3. The largest absolute Gasteiger partial charge is 0.401 e. The summed E-state index contributed by atoms with van der Waals surface area (Å²) in [4.78, 5) is 3.71. The maximum atomic E-state index is 12.4. The summed E-state index contributed by atoms with van der Waals surface area (Å²) in [5, 5.41) is 9.78. The normalized spacial score (nSPS) is 33.3. The predicted octanol–water partition coefficient (Wildman–Crippen LogP) is 2.36. The minimum atomic E-state index is -4.10. The number of hydrogen-bond donors (Lipinski definition) is 1. The molecule has 0 amide bonds. The van der Waals surface area contributed by atoms with Crippen LogP contribution < -0.4 is 0 Å². The van der Waals surface area contributed by atoms with Crippen molar-refractivity contribution in [3.63, 3.8) is 0 Å². The van der Waals surface area contributed by atoms with Crippen LogP contribution >= 0.6 is 0 Å². The molecule has 0 aromatic carbocycles. The summed E-state index contributed by atoms with van der Waals surface area (Å²) in [6, 6.07) is 0. The molecule has 0 radical (unpaired) electrons. The van der Waals surface area contributed by atoms with E-state index < -0.39 is 12.7 Å². The van der Waals surface area contributed by atoms with Gasteiger partial charge in [-0.15, -0.1) is 0 Å². The van der Waals surface area contributed by atoms with Crippen molar-refractivity contribution in [3.05, 3.63) is 0 Å². The molecule has 1 saturated heterocycles. The van der Waals surface area contributed by atoms with Gasteiger partial charge >= 0.3 is 6.18 Å². The van der Waals surface area contributed by atoms with Crippen LogP contribution in [0.3, 0.4) is 0 Å². The van der Waals surface area contributed by atoms with E-state index in [0.717, 1.165) is 38.1 Å². The number of piperazine rings is 1. The Balaban J connectivity index is 1.79. The standard InChI is InChI=1S/C15H27F3N2O/c1-13-2-4-14(12-21,5-3-13)10-19-6-8-20(9-7-19)11-15(16,17)18/h13,21H,2-12H2,1H3. The van der Waals surface area contributed by atoms with E-state index in [9.17, 15) is 18.3 Å². The Kier molecular flexibility index (Phi) is 5.54. The van der Waals surface area contributed by atoms with Gasteiger partial charge in [0.05, 0.1) is 6.54 Å². The van der Waals surface area contributed by atoms with Crippen LogP contribution in [-0.4, -0.2) is 67.0 Å². The molecule has 0 atom stereocenters. The molecular formula is C15H27F3N2O. The molecule has 1 aliphatic heterocycles. The minimum Gasteiger partial charge on any atom is -0.396 e. The Hall–Kier alpha value is -0.330. The van der Waals surface area contributed by atoms with Crippen LogP contribution in [0.1, 0.15) is 32.6 Å². The molecule has 0 aromatic rings. The van der Waals surface area contributed by atoms with E-state index in [1.165, 1.54) is 4.90 Å². The summed E-state index contributed by atoms with van der Waals surface area (Å²) in [6.45, 7) is 4.76. The van der Waals surface area contributed by atoms with Crippen LogP contribution in [0.15, 0.2) is 0 Å². The summed E-state index contributed by atoms with van der Waals surface area (Å²) < 4.78 is 37.1. The summed E-state index contributed by atoms with van der Waals surface area (Å²) in [7, 11) is 0. The zero-order chi connectivity index (χ0) is 15.5. The lowest BCUT2D eigenvalue weighted by Gasteiger charge is -2.44. The van der Waals surface area contributed by atoms with Crippen molar-refractivity contribution in [2.24, 2.45) is 11.3 Å². The van der Waals surface area contributed by atoms with Crippen LogP contribution in [0, 0.1) is 11.3 Å². The van der Waals surface area contributed by atoms with Crippen molar-refractivity contribution in [3.8, 4) is 0 Å². The molecule has 124 valence electrons. The highest BCUT2D eigenvalue weighted by molar-refractivity contribution is 4.88. The minimum absolute atomic E-state index is 0.0291. The van der Waals surface area contributed by atoms with Gasteiger partial charge in [-0.3, -0.25) is 4.90 Å². The first-order valence-corrected chi connectivity index (χ1v) is 7.94. The summed E-state index contributed by atoms with van der Waals surface area (Å²) >= 11 is 0. The van der Waals surface area contributed by atoms with Crippen molar-refractivity contribution in [2.75, 3.05) is 45.9 Å². The van der Waals surface area contributed by atoms with E-state index in [1.807, 2.05) is 0 Å². The number of rotatable bonds is 4. The number of alkyl halides is 3. The molecule has 6 heteroatoms. The molecular weight excluding hydrogens is 281 g/mol. The van der Waals surface area contributed by atoms with Crippen molar-refractivity contribution >= 4 is 0 Å². The fraction of sp³-hybridized carbons (Fsp3) is 1.00. The first-order chi connectivity index (χ1) is 9.82. The molecule has 2 rings (SSSR count).